The molecule has 1 atom stereocenters. The average molecular weight is 384 g/mol. The van der Waals surface area contributed by atoms with E-state index in [1.54, 1.807) is 0 Å². The van der Waals surface area contributed by atoms with Gasteiger partial charge in [0.2, 0.25) is 5.91 Å². The lowest BCUT2D eigenvalue weighted by Crippen LogP contribution is -2.26. The Kier molecular flexibility index (Phi) is 5.78. The van der Waals surface area contributed by atoms with Gasteiger partial charge >= 0.3 is 0 Å². The van der Waals surface area contributed by atoms with Crippen LogP contribution in [0.1, 0.15) is 29.9 Å². The molecule has 3 aromatic rings. The van der Waals surface area contributed by atoms with Gasteiger partial charge in [0.05, 0.1) is 0 Å². The Bertz CT molecular complexity index is 969. The molecule has 2 amide bonds. The van der Waals surface area contributed by atoms with Crippen molar-refractivity contribution < 1.29 is 18.4 Å². The summed E-state index contributed by atoms with van der Waals surface area (Å²) in [6.07, 6.45) is 1.98. The van der Waals surface area contributed by atoms with Gasteiger partial charge in [-0.2, -0.15) is 5.10 Å². The van der Waals surface area contributed by atoms with E-state index in [-0.39, 0.29) is 11.6 Å². The first-order valence-electron chi connectivity index (χ1n) is 8.64. The molecule has 1 heterocycles. The van der Waals surface area contributed by atoms with Gasteiger partial charge in [0.25, 0.3) is 5.91 Å². The Morgan fingerprint density at radius 1 is 0.929 bits per heavy atom. The van der Waals surface area contributed by atoms with Crippen LogP contribution in [0.3, 0.4) is 0 Å². The van der Waals surface area contributed by atoms with Gasteiger partial charge in [0, 0.05) is 17.6 Å². The Labute approximate surface area is 160 Å². The average Bonchev–Trinajstić information content (AvgIpc) is 3.16. The van der Waals surface area contributed by atoms with E-state index in [0.29, 0.717) is 17.8 Å². The summed E-state index contributed by atoms with van der Waals surface area (Å²) in [4.78, 5) is 24.8. The Morgan fingerprint density at radius 3 is 2.00 bits per heavy atom. The number of carbonyl (C=O) groups excluding carboxylic acids is 2. The third-order valence-corrected chi connectivity index (χ3v) is 4.06. The maximum absolute atomic E-state index is 13.0. The molecule has 2 N–H and O–H groups in total. The van der Waals surface area contributed by atoms with Crippen LogP contribution in [0.2, 0.25) is 0 Å². The highest BCUT2D eigenvalue weighted by Crippen LogP contribution is 2.17. The Morgan fingerprint density at radius 2 is 1.46 bits per heavy atom. The maximum Gasteiger partial charge on any atom is 0.276 e. The number of anilines is 2. The summed E-state index contributed by atoms with van der Waals surface area (Å²) in [6.45, 7) is 1.81. The lowest BCUT2D eigenvalue weighted by Gasteiger charge is -2.15. The molecule has 6 nitrogen and oxygen atoms in total. The van der Waals surface area contributed by atoms with Gasteiger partial charge in [-0.15, -0.1) is 0 Å². The first kappa shape index (κ1) is 19.2. The fraction of sp³-hybridized carbons (Fsp3) is 0.150. The van der Waals surface area contributed by atoms with Gasteiger partial charge in [-0.1, -0.05) is 6.92 Å². The molecule has 0 fully saturated rings. The van der Waals surface area contributed by atoms with Gasteiger partial charge in [-0.05, 0) is 61.0 Å². The molecule has 2 aromatic carbocycles. The molecule has 0 saturated carbocycles. The zero-order chi connectivity index (χ0) is 20.1. The van der Waals surface area contributed by atoms with Crippen LogP contribution in [0.5, 0.6) is 0 Å². The highest BCUT2D eigenvalue weighted by Gasteiger charge is 2.21. The summed E-state index contributed by atoms with van der Waals surface area (Å²) in [5.74, 6) is -1.60. The number of nitrogens with one attached hydrogen (secondary N) is 2. The molecular formula is C20H18F2N4O2. The van der Waals surface area contributed by atoms with E-state index in [4.69, 9.17) is 0 Å². The molecule has 0 unspecified atom stereocenters. The van der Waals surface area contributed by atoms with Gasteiger partial charge in [0.1, 0.15) is 17.7 Å². The molecule has 0 aliphatic rings. The van der Waals surface area contributed by atoms with Crippen molar-refractivity contribution >= 4 is 23.2 Å². The zero-order valence-electron chi connectivity index (χ0n) is 15.0. The molecule has 1 aromatic heterocycles. The molecule has 3 rings (SSSR count). The van der Waals surface area contributed by atoms with E-state index < -0.39 is 23.6 Å². The van der Waals surface area contributed by atoms with E-state index >= 15 is 0 Å². The summed E-state index contributed by atoms with van der Waals surface area (Å²) in [5, 5.41) is 9.49. The van der Waals surface area contributed by atoms with Gasteiger partial charge < -0.3 is 10.6 Å². The summed E-state index contributed by atoms with van der Waals surface area (Å²) in [6, 6.07) is 11.6. The predicted molar refractivity (Wildman–Crippen MR) is 101 cm³/mol. The largest absolute Gasteiger partial charge is 0.324 e. The van der Waals surface area contributed by atoms with Crippen LogP contribution in [-0.2, 0) is 4.79 Å². The second-order valence-corrected chi connectivity index (χ2v) is 6.06. The van der Waals surface area contributed by atoms with Crippen molar-refractivity contribution in [3.63, 3.8) is 0 Å². The number of nitrogens with zero attached hydrogens (tertiary/aromatic N) is 2. The second kappa shape index (κ2) is 8.43. The fourth-order valence-corrected chi connectivity index (χ4v) is 2.61. The van der Waals surface area contributed by atoms with Crippen molar-refractivity contribution in [3.05, 3.63) is 78.1 Å². The first-order valence-corrected chi connectivity index (χ1v) is 8.64. The minimum absolute atomic E-state index is 0.123. The summed E-state index contributed by atoms with van der Waals surface area (Å²) in [5.41, 5.74) is 1.02. The molecule has 0 aliphatic carbocycles. The highest BCUT2D eigenvalue weighted by atomic mass is 19.1. The van der Waals surface area contributed by atoms with E-state index in [1.807, 2.05) is 6.92 Å². The van der Waals surface area contributed by atoms with E-state index in [2.05, 4.69) is 15.7 Å². The monoisotopic (exact) mass is 384 g/mol. The Hall–Kier alpha value is -3.55. The lowest BCUT2D eigenvalue weighted by molar-refractivity contribution is -0.119. The summed E-state index contributed by atoms with van der Waals surface area (Å²) >= 11 is 0. The number of aromatic nitrogens is 2. The fourth-order valence-electron chi connectivity index (χ4n) is 2.61. The van der Waals surface area contributed by atoms with Crippen LogP contribution < -0.4 is 10.6 Å². The molecule has 8 heteroatoms. The molecule has 0 spiro atoms. The van der Waals surface area contributed by atoms with Crippen LogP contribution in [0.25, 0.3) is 0 Å². The van der Waals surface area contributed by atoms with Crippen molar-refractivity contribution in [3.8, 4) is 0 Å². The zero-order valence-corrected chi connectivity index (χ0v) is 15.0. The summed E-state index contributed by atoms with van der Waals surface area (Å²) in [7, 11) is 0. The summed E-state index contributed by atoms with van der Waals surface area (Å²) < 4.78 is 27.3. The lowest BCUT2D eigenvalue weighted by atomic mass is 10.2. The second-order valence-electron chi connectivity index (χ2n) is 6.06. The van der Waals surface area contributed by atoms with Crippen LogP contribution in [0, 0.1) is 11.6 Å². The number of halogens is 2. The van der Waals surface area contributed by atoms with Crippen LogP contribution >= 0.6 is 0 Å². The number of benzene rings is 2. The first-order chi connectivity index (χ1) is 13.5. The quantitative estimate of drug-likeness (QED) is 0.674. The molecule has 144 valence electrons. The van der Waals surface area contributed by atoms with Crippen molar-refractivity contribution in [1.82, 2.24) is 9.78 Å². The van der Waals surface area contributed by atoms with Gasteiger partial charge in [0.15, 0.2) is 5.69 Å². The third kappa shape index (κ3) is 4.59. The number of carbonyl (C=O) groups is 2. The third-order valence-electron chi connectivity index (χ3n) is 4.06. The number of rotatable bonds is 6. The van der Waals surface area contributed by atoms with Crippen LogP contribution in [0.4, 0.5) is 20.2 Å². The topological polar surface area (TPSA) is 76.0 Å². The van der Waals surface area contributed by atoms with Gasteiger partial charge in [-0.3, -0.25) is 14.3 Å². The minimum Gasteiger partial charge on any atom is -0.324 e. The van der Waals surface area contributed by atoms with Crippen molar-refractivity contribution in [2.45, 2.75) is 19.4 Å². The van der Waals surface area contributed by atoms with E-state index in [0.717, 1.165) is 0 Å². The molecule has 0 saturated heterocycles. The van der Waals surface area contributed by atoms with Crippen molar-refractivity contribution in [2.75, 3.05) is 10.6 Å². The molecule has 0 bridgehead atoms. The number of amides is 2. The van der Waals surface area contributed by atoms with Crippen LogP contribution in [-0.4, -0.2) is 21.6 Å². The predicted octanol–water partition coefficient (Wildman–Crippen LogP) is 4.00. The van der Waals surface area contributed by atoms with E-state index in [9.17, 15) is 18.4 Å². The number of hydrogen-bond donors (Lipinski definition) is 2. The van der Waals surface area contributed by atoms with E-state index in [1.165, 1.54) is 65.5 Å². The maximum atomic E-state index is 13.0. The molecule has 0 aliphatic heterocycles. The van der Waals surface area contributed by atoms with Gasteiger partial charge in [-0.25, -0.2) is 8.78 Å². The molecule has 28 heavy (non-hydrogen) atoms. The molecular weight excluding hydrogens is 366 g/mol. The smallest absolute Gasteiger partial charge is 0.276 e. The van der Waals surface area contributed by atoms with Crippen LogP contribution in [0.15, 0.2) is 60.8 Å². The highest BCUT2D eigenvalue weighted by molar-refractivity contribution is 6.02. The van der Waals surface area contributed by atoms with Crippen molar-refractivity contribution in [2.24, 2.45) is 0 Å². The van der Waals surface area contributed by atoms with Crippen molar-refractivity contribution in [1.29, 1.82) is 0 Å². The SMILES string of the molecule is CC[C@H](C(=O)Nc1ccc(F)cc1)n1ccc(C(=O)Nc2ccc(F)cc2)n1. The Balaban J connectivity index is 1.69. The minimum atomic E-state index is -0.641. The standard InChI is InChI=1S/C20H18F2N4O2/c1-2-18(20(28)24-16-9-5-14(22)6-10-16)26-12-11-17(25-26)19(27)23-15-7-3-13(21)4-8-15/h3-12,18H,2H2,1H3,(H,23,27)(H,24,28)/t18-/m1/s1. The number of hydrogen-bond acceptors (Lipinski definition) is 3. The normalized spacial score (nSPS) is 11.7. The molecule has 0 radical (unpaired) electrons.